The molecule has 4 rings (SSSR count). The smallest absolute Gasteiger partial charge is 0.414 e. The third kappa shape index (κ3) is 3.95. The van der Waals surface area contributed by atoms with E-state index in [2.05, 4.69) is 4.90 Å². The molecule has 0 bridgehead atoms. The fourth-order valence-electron chi connectivity index (χ4n) is 3.58. The molecule has 2 aromatic rings. The number of carboxylic acid groups (broad SMARTS) is 2. The van der Waals surface area contributed by atoms with E-state index in [1.165, 1.54) is 61.0 Å². The molecule has 2 aliphatic rings. The van der Waals surface area contributed by atoms with E-state index in [1.807, 2.05) is 18.3 Å². The van der Waals surface area contributed by atoms with E-state index >= 15 is 0 Å². The Morgan fingerprint density at radius 2 is 1.62 bits per heavy atom. The maximum absolute atomic E-state index is 9.10. The van der Waals surface area contributed by atoms with E-state index in [0.29, 0.717) is 0 Å². The number of fused-ring (bicyclic) bond motifs is 3. The summed E-state index contributed by atoms with van der Waals surface area (Å²) < 4.78 is 0. The lowest BCUT2D eigenvalue weighted by molar-refractivity contribution is -0.159. The first-order chi connectivity index (χ1) is 12.5. The number of aryl methyl sites for hydroxylation is 3. The number of carbonyl (C=O) groups is 2. The molecule has 0 unspecified atom stereocenters. The topological polar surface area (TPSA) is 104 Å². The third-order valence-electron chi connectivity index (χ3n) is 4.75. The summed E-state index contributed by atoms with van der Waals surface area (Å²) in [5.74, 6) is -1.49. The molecule has 1 fully saturated rings. The Morgan fingerprint density at radius 3 is 2.27 bits per heavy atom. The highest BCUT2D eigenvalue weighted by molar-refractivity contribution is 7.19. The predicted octanol–water partition coefficient (Wildman–Crippen LogP) is 3.02. The zero-order valence-electron chi connectivity index (χ0n) is 14.8. The molecule has 2 aromatic heterocycles. The van der Waals surface area contributed by atoms with Crippen molar-refractivity contribution in [2.24, 2.45) is 0 Å². The zero-order chi connectivity index (χ0) is 18.7. The van der Waals surface area contributed by atoms with Crippen LogP contribution in [0.25, 0.3) is 10.2 Å². The van der Waals surface area contributed by atoms with Crippen molar-refractivity contribution >= 4 is 39.3 Å². The van der Waals surface area contributed by atoms with Crippen LogP contribution in [0.4, 0.5) is 5.82 Å². The third-order valence-corrected chi connectivity index (χ3v) is 5.93. The van der Waals surface area contributed by atoms with E-state index in [0.717, 1.165) is 18.9 Å². The van der Waals surface area contributed by atoms with Crippen molar-refractivity contribution in [1.82, 2.24) is 9.97 Å². The van der Waals surface area contributed by atoms with Crippen molar-refractivity contribution in [2.45, 2.75) is 51.9 Å². The van der Waals surface area contributed by atoms with Gasteiger partial charge in [-0.05, 0) is 57.4 Å². The summed E-state index contributed by atoms with van der Waals surface area (Å²) in [5, 5.41) is 16.2. The standard InChI is InChI=1S/C16H21N3S.C2H2O4/c1-11-17-15(19-9-5-2-6-10-19)14-12-7-3-4-8-13(12)20-16(14)18-11;3-1(4)2(5)6/h2-10H2,1H3;(H,3,4)(H,5,6). The van der Waals surface area contributed by atoms with Crippen molar-refractivity contribution in [3.63, 3.8) is 0 Å². The molecular weight excluding hydrogens is 354 g/mol. The van der Waals surface area contributed by atoms with E-state index in [-0.39, 0.29) is 0 Å². The van der Waals surface area contributed by atoms with Gasteiger partial charge in [0.2, 0.25) is 0 Å². The molecule has 26 heavy (non-hydrogen) atoms. The lowest BCUT2D eigenvalue weighted by atomic mass is 9.96. The Labute approximate surface area is 155 Å². The number of aromatic nitrogens is 2. The van der Waals surface area contributed by atoms with Crippen LogP contribution in [-0.2, 0) is 22.4 Å². The van der Waals surface area contributed by atoms with Crippen molar-refractivity contribution in [3.05, 3.63) is 16.3 Å². The first-order valence-corrected chi connectivity index (χ1v) is 9.79. The molecule has 0 amide bonds. The number of anilines is 1. The molecular formula is C18H23N3O4S. The highest BCUT2D eigenvalue weighted by Gasteiger charge is 2.23. The van der Waals surface area contributed by atoms with Crippen LogP contribution in [0.3, 0.4) is 0 Å². The fourth-order valence-corrected chi connectivity index (χ4v) is 4.88. The normalized spacial score (nSPS) is 16.6. The number of nitrogens with zero attached hydrogens (tertiary/aromatic N) is 3. The van der Waals surface area contributed by atoms with E-state index in [4.69, 9.17) is 29.8 Å². The quantitative estimate of drug-likeness (QED) is 0.736. The van der Waals surface area contributed by atoms with Crippen molar-refractivity contribution in [2.75, 3.05) is 18.0 Å². The second kappa shape index (κ2) is 7.99. The number of rotatable bonds is 1. The van der Waals surface area contributed by atoms with Crippen LogP contribution in [0, 0.1) is 6.92 Å². The second-order valence-corrected chi connectivity index (χ2v) is 7.73. The average Bonchev–Trinajstić information content (AvgIpc) is 3.00. The van der Waals surface area contributed by atoms with Crippen LogP contribution < -0.4 is 4.90 Å². The molecule has 0 spiro atoms. The number of aliphatic carboxylic acids is 2. The minimum absolute atomic E-state index is 0.927. The van der Waals surface area contributed by atoms with Crippen LogP contribution in [0.15, 0.2) is 0 Å². The Kier molecular flexibility index (Phi) is 5.70. The number of piperidine rings is 1. The molecule has 7 nitrogen and oxygen atoms in total. The van der Waals surface area contributed by atoms with Gasteiger partial charge in [-0.15, -0.1) is 11.3 Å². The van der Waals surface area contributed by atoms with Crippen LogP contribution >= 0.6 is 11.3 Å². The first-order valence-electron chi connectivity index (χ1n) is 8.97. The van der Waals surface area contributed by atoms with Crippen LogP contribution in [-0.4, -0.2) is 45.2 Å². The number of carboxylic acids is 2. The zero-order valence-corrected chi connectivity index (χ0v) is 15.6. The SMILES string of the molecule is Cc1nc(N2CCCCC2)c2c3c(sc2n1)CCCC3.O=C(O)C(=O)O. The van der Waals surface area contributed by atoms with Gasteiger partial charge in [0.15, 0.2) is 0 Å². The predicted molar refractivity (Wildman–Crippen MR) is 100 cm³/mol. The van der Waals surface area contributed by atoms with Gasteiger partial charge in [0.05, 0.1) is 5.39 Å². The van der Waals surface area contributed by atoms with Crippen molar-refractivity contribution in [3.8, 4) is 0 Å². The van der Waals surface area contributed by atoms with Crippen molar-refractivity contribution in [1.29, 1.82) is 0 Å². The average molecular weight is 377 g/mol. The number of hydrogen-bond acceptors (Lipinski definition) is 6. The lowest BCUT2D eigenvalue weighted by Gasteiger charge is -2.29. The minimum atomic E-state index is -1.82. The van der Waals surface area contributed by atoms with Gasteiger partial charge in [0.1, 0.15) is 16.5 Å². The molecule has 1 aliphatic heterocycles. The molecule has 0 atom stereocenters. The summed E-state index contributed by atoms with van der Waals surface area (Å²) in [7, 11) is 0. The van der Waals surface area contributed by atoms with Gasteiger partial charge in [-0.25, -0.2) is 19.6 Å². The van der Waals surface area contributed by atoms with E-state index in [9.17, 15) is 0 Å². The van der Waals surface area contributed by atoms with Crippen LogP contribution in [0.5, 0.6) is 0 Å². The molecule has 1 aliphatic carbocycles. The monoisotopic (exact) mass is 377 g/mol. The minimum Gasteiger partial charge on any atom is -0.473 e. The Morgan fingerprint density at radius 1 is 0.962 bits per heavy atom. The number of thiophene rings is 1. The largest absolute Gasteiger partial charge is 0.473 e. The van der Waals surface area contributed by atoms with Gasteiger partial charge in [-0.2, -0.15) is 0 Å². The molecule has 140 valence electrons. The molecule has 3 heterocycles. The van der Waals surface area contributed by atoms with Crippen LogP contribution in [0.1, 0.15) is 48.4 Å². The van der Waals surface area contributed by atoms with Gasteiger partial charge in [-0.1, -0.05) is 0 Å². The fraction of sp³-hybridized carbons (Fsp3) is 0.556. The Hall–Kier alpha value is -2.22. The molecule has 0 radical (unpaired) electrons. The molecule has 2 N–H and O–H groups in total. The van der Waals surface area contributed by atoms with Crippen LogP contribution in [0.2, 0.25) is 0 Å². The molecule has 1 saturated heterocycles. The van der Waals surface area contributed by atoms with E-state index < -0.39 is 11.9 Å². The Bertz CT molecular complexity index is 815. The lowest BCUT2D eigenvalue weighted by Crippen LogP contribution is -2.30. The van der Waals surface area contributed by atoms with Gasteiger partial charge in [-0.3, -0.25) is 0 Å². The van der Waals surface area contributed by atoms with Gasteiger partial charge in [0, 0.05) is 18.0 Å². The molecule has 0 saturated carbocycles. The summed E-state index contributed by atoms with van der Waals surface area (Å²) in [5.41, 5.74) is 1.57. The number of hydrogen-bond donors (Lipinski definition) is 2. The summed E-state index contributed by atoms with van der Waals surface area (Å²) in [6.07, 6.45) is 9.11. The van der Waals surface area contributed by atoms with Gasteiger partial charge in [0.25, 0.3) is 0 Å². The second-order valence-electron chi connectivity index (χ2n) is 6.64. The molecule has 8 heteroatoms. The highest BCUT2D eigenvalue weighted by Crippen LogP contribution is 2.40. The summed E-state index contributed by atoms with van der Waals surface area (Å²) in [4.78, 5) is 33.0. The summed E-state index contributed by atoms with van der Waals surface area (Å²) in [6, 6.07) is 0. The maximum Gasteiger partial charge on any atom is 0.414 e. The van der Waals surface area contributed by atoms with E-state index in [1.54, 1.807) is 10.4 Å². The molecule has 0 aromatic carbocycles. The summed E-state index contributed by atoms with van der Waals surface area (Å²) in [6.45, 7) is 4.36. The highest BCUT2D eigenvalue weighted by atomic mass is 32.1. The van der Waals surface area contributed by atoms with Crippen molar-refractivity contribution < 1.29 is 19.8 Å². The van der Waals surface area contributed by atoms with Gasteiger partial charge >= 0.3 is 11.9 Å². The Balaban J connectivity index is 0.000000286. The maximum atomic E-state index is 9.10. The first kappa shape index (κ1) is 18.6. The summed E-state index contributed by atoms with van der Waals surface area (Å²) >= 11 is 1.91. The van der Waals surface area contributed by atoms with Gasteiger partial charge < -0.3 is 15.1 Å².